The lowest BCUT2D eigenvalue weighted by atomic mass is 9.82. The maximum Gasteiger partial charge on any atom is 0.0541 e. The van der Waals surface area contributed by atoms with Crippen LogP contribution in [0.25, 0.3) is 82.8 Å². The molecule has 12 rings (SSSR count). The topological polar surface area (TPSA) is 8.17 Å². The first-order valence-electron chi connectivity index (χ1n) is 21.9. The van der Waals surface area contributed by atoms with E-state index in [0.29, 0.717) is 0 Å². The number of anilines is 3. The molecule has 1 aliphatic rings. The lowest BCUT2D eigenvalue weighted by Crippen LogP contribution is -2.16. The summed E-state index contributed by atoms with van der Waals surface area (Å²) in [4.78, 5) is 2.47. The van der Waals surface area contributed by atoms with Crippen molar-refractivity contribution in [1.29, 1.82) is 0 Å². The van der Waals surface area contributed by atoms with E-state index in [9.17, 15) is 0 Å². The van der Waals surface area contributed by atoms with Gasteiger partial charge in [0, 0.05) is 38.6 Å². The molecule has 0 bridgehead atoms. The summed E-state index contributed by atoms with van der Waals surface area (Å²) < 4.78 is 2.38. The summed E-state index contributed by atoms with van der Waals surface area (Å²) >= 11 is 0. The fourth-order valence-electron chi connectivity index (χ4n) is 10.3. The fourth-order valence-corrected chi connectivity index (χ4v) is 10.3. The molecule has 2 heteroatoms. The Morgan fingerprint density at radius 1 is 0.333 bits per heavy atom. The number of rotatable bonds is 7. The van der Waals surface area contributed by atoms with Gasteiger partial charge < -0.3 is 9.47 Å². The van der Waals surface area contributed by atoms with Gasteiger partial charge in [-0.05, 0) is 128 Å². The van der Waals surface area contributed by atoms with Gasteiger partial charge in [-0.25, -0.2) is 0 Å². The van der Waals surface area contributed by atoms with Gasteiger partial charge >= 0.3 is 0 Å². The van der Waals surface area contributed by atoms with E-state index in [4.69, 9.17) is 0 Å². The van der Waals surface area contributed by atoms with Crippen molar-refractivity contribution in [3.05, 3.63) is 242 Å². The highest BCUT2D eigenvalue weighted by molar-refractivity contribution is 6.11. The molecule has 0 saturated carbocycles. The number of benzene rings is 10. The van der Waals surface area contributed by atoms with E-state index in [1.165, 1.54) is 93.9 Å². The summed E-state index contributed by atoms with van der Waals surface area (Å²) in [6, 6.07) is 84.7. The zero-order valence-corrected chi connectivity index (χ0v) is 35.3. The Balaban J connectivity index is 0.997. The molecule has 11 aromatic rings. The number of fused-ring (bicyclic) bond motifs is 7. The maximum absolute atomic E-state index is 2.47. The smallest absolute Gasteiger partial charge is 0.0541 e. The SMILES string of the molecule is CC1(C)c2ccccc2-c2ccc(N(c3cccc(-c4cccc(-c5ccc6c(c5)c5ccccc5n6-c5ccccc5)c4)c3)c3ccc(-c4ccccc4)c4ccccc34)cc21. The van der Waals surface area contributed by atoms with Gasteiger partial charge in [0.2, 0.25) is 0 Å². The van der Waals surface area contributed by atoms with E-state index >= 15 is 0 Å². The average molecular weight is 805 g/mol. The Hall–Kier alpha value is -7.94. The van der Waals surface area contributed by atoms with Crippen molar-refractivity contribution < 1.29 is 0 Å². The summed E-state index contributed by atoms with van der Waals surface area (Å²) in [5, 5.41) is 4.94. The second kappa shape index (κ2) is 14.6. The summed E-state index contributed by atoms with van der Waals surface area (Å²) in [5.41, 5.74) is 19.4. The number of hydrogen-bond donors (Lipinski definition) is 0. The quantitative estimate of drug-likeness (QED) is 0.156. The molecule has 0 fully saturated rings. The molecule has 0 aliphatic heterocycles. The summed E-state index contributed by atoms with van der Waals surface area (Å²) in [6.45, 7) is 4.73. The second-order valence-corrected chi connectivity index (χ2v) is 17.3. The number of nitrogens with zero attached hydrogens (tertiary/aromatic N) is 2. The van der Waals surface area contributed by atoms with Crippen molar-refractivity contribution >= 4 is 49.6 Å². The Morgan fingerprint density at radius 3 is 1.71 bits per heavy atom. The number of hydrogen-bond acceptors (Lipinski definition) is 1. The van der Waals surface area contributed by atoms with E-state index < -0.39 is 0 Å². The van der Waals surface area contributed by atoms with Crippen LogP contribution in [-0.4, -0.2) is 4.57 Å². The monoisotopic (exact) mass is 804 g/mol. The largest absolute Gasteiger partial charge is 0.310 e. The average Bonchev–Trinajstić information content (AvgIpc) is 3.80. The zero-order chi connectivity index (χ0) is 42.1. The lowest BCUT2D eigenvalue weighted by Gasteiger charge is -2.30. The summed E-state index contributed by atoms with van der Waals surface area (Å²) in [6.07, 6.45) is 0. The minimum Gasteiger partial charge on any atom is -0.310 e. The van der Waals surface area contributed by atoms with Gasteiger partial charge in [0.05, 0.1) is 16.7 Å². The zero-order valence-electron chi connectivity index (χ0n) is 35.3. The third kappa shape index (κ3) is 6.02. The van der Waals surface area contributed by atoms with Crippen molar-refractivity contribution in [3.63, 3.8) is 0 Å². The predicted molar refractivity (Wildman–Crippen MR) is 267 cm³/mol. The maximum atomic E-state index is 2.47. The van der Waals surface area contributed by atoms with Crippen LogP contribution < -0.4 is 4.90 Å². The van der Waals surface area contributed by atoms with Crippen molar-refractivity contribution in [3.8, 4) is 50.2 Å². The van der Waals surface area contributed by atoms with Gasteiger partial charge in [-0.15, -0.1) is 0 Å². The number of para-hydroxylation sites is 2. The highest BCUT2D eigenvalue weighted by atomic mass is 15.1. The van der Waals surface area contributed by atoms with Crippen LogP contribution in [0.4, 0.5) is 17.1 Å². The molecule has 298 valence electrons. The normalized spacial score (nSPS) is 12.7. The summed E-state index contributed by atoms with van der Waals surface area (Å²) in [7, 11) is 0. The van der Waals surface area contributed by atoms with Gasteiger partial charge in [-0.1, -0.05) is 178 Å². The first kappa shape index (κ1) is 36.9. The van der Waals surface area contributed by atoms with Crippen molar-refractivity contribution in [2.75, 3.05) is 4.90 Å². The summed E-state index contributed by atoms with van der Waals surface area (Å²) in [5.74, 6) is 0. The molecule has 0 spiro atoms. The van der Waals surface area contributed by atoms with Gasteiger partial charge in [-0.2, -0.15) is 0 Å². The Kier molecular flexibility index (Phi) is 8.55. The molecule has 0 N–H and O–H groups in total. The molecule has 63 heavy (non-hydrogen) atoms. The molecule has 1 aliphatic carbocycles. The standard InChI is InChI=1S/C61H44N2/c1-61(2)56-29-13-11-26-51(56)52-33-32-48(40-57(52)61)62(59-36-34-49(41-17-5-3-6-18-41)50-25-9-10-27-53(50)59)47-24-16-21-44(38-47)42-19-15-20-43(37-42)45-31-35-60-55(39-45)54-28-12-14-30-58(54)63(60)46-22-7-4-8-23-46/h3-40H,1-2H3. The molecular formula is C61H44N2. The van der Waals surface area contributed by atoms with Crippen molar-refractivity contribution in [1.82, 2.24) is 4.57 Å². The molecular weight excluding hydrogens is 761 g/mol. The highest BCUT2D eigenvalue weighted by Crippen LogP contribution is 2.51. The third-order valence-corrected chi connectivity index (χ3v) is 13.4. The second-order valence-electron chi connectivity index (χ2n) is 17.3. The van der Waals surface area contributed by atoms with Crippen LogP contribution in [0.5, 0.6) is 0 Å². The minimum atomic E-state index is -0.130. The van der Waals surface area contributed by atoms with Crippen LogP contribution in [0.15, 0.2) is 231 Å². The van der Waals surface area contributed by atoms with Crippen LogP contribution in [0.2, 0.25) is 0 Å². The molecule has 0 radical (unpaired) electrons. The van der Waals surface area contributed by atoms with Crippen LogP contribution in [0, 0.1) is 0 Å². The molecule has 1 heterocycles. The van der Waals surface area contributed by atoms with Gasteiger partial charge in [0.15, 0.2) is 0 Å². The Labute approximate surface area is 368 Å². The molecule has 2 nitrogen and oxygen atoms in total. The van der Waals surface area contributed by atoms with Crippen LogP contribution in [0.3, 0.4) is 0 Å². The predicted octanol–water partition coefficient (Wildman–Crippen LogP) is 16.7. The number of aromatic nitrogens is 1. The van der Waals surface area contributed by atoms with Gasteiger partial charge in [0.1, 0.15) is 0 Å². The molecule has 1 aromatic heterocycles. The van der Waals surface area contributed by atoms with E-state index in [0.717, 1.165) is 17.1 Å². The lowest BCUT2D eigenvalue weighted by molar-refractivity contribution is 0.660. The minimum absolute atomic E-state index is 0.130. The van der Waals surface area contributed by atoms with E-state index in [1.54, 1.807) is 0 Å². The van der Waals surface area contributed by atoms with Crippen molar-refractivity contribution in [2.45, 2.75) is 19.3 Å². The Morgan fingerprint density at radius 2 is 0.905 bits per heavy atom. The highest BCUT2D eigenvalue weighted by Gasteiger charge is 2.36. The van der Waals surface area contributed by atoms with Gasteiger partial charge in [-0.3, -0.25) is 0 Å². The first-order chi connectivity index (χ1) is 31.0. The van der Waals surface area contributed by atoms with E-state index in [1.807, 2.05) is 0 Å². The van der Waals surface area contributed by atoms with Gasteiger partial charge in [0.25, 0.3) is 0 Å². The fraction of sp³-hybridized carbons (Fsp3) is 0.0492. The van der Waals surface area contributed by atoms with E-state index in [-0.39, 0.29) is 5.41 Å². The molecule has 10 aromatic carbocycles. The Bertz CT molecular complexity index is 3540. The van der Waals surface area contributed by atoms with Crippen LogP contribution >= 0.6 is 0 Å². The van der Waals surface area contributed by atoms with E-state index in [2.05, 4.69) is 254 Å². The van der Waals surface area contributed by atoms with Crippen LogP contribution in [0.1, 0.15) is 25.0 Å². The van der Waals surface area contributed by atoms with Crippen LogP contribution in [-0.2, 0) is 5.41 Å². The molecule has 0 saturated heterocycles. The molecule has 0 amide bonds. The molecule has 0 atom stereocenters. The third-order valence-electron chi connectivity index (χ3n) is 13.4. The molecule has 0 unspecified atom stereocenters. The first-order valence-corrected chi connectivity index (χ1v) is 21.9. The van der Waals surface area contributed by atoms with Crippen molar-refractivity contribution in [2.24, 2.45) is 0 Å².